The van der Waals surface area contributed by atoms with Gasteiger partial charge in [-0.05, 0) is 69.9 Å². The molecule has 4 heteroatoms. The van der Waals surface area contributed by atoms with Crippen LogP contribution >= 0.6 is 12.4 Å². The summed E-state index contributed by atoms with van der Waals surface area (Å²) in [6.07, 6.45) is 9.75. The molecular formula is C16H31ClN2O. The highest BCUT2D eigenvalue weighted by atomic mass is 35.5. The van der Waals surface area contributed by atoms with Crippen molar-refractivity contribution in [3.05, 3.63) is 0 Å². The Morgan fingerprint density at radius 1 is 1.15 bits per heavy atom. The first-order chi connectivity index (χ1) is 9.29. The normalized spacial score (nSPS) is 30.4. The fourth-order valence-corrected chi connectivity index (χ4v) is 3.55. The monoisotopic (exact) mass is 302 g/mol. The zero-order chi connectivity index (χ0) is 13.5. The highest BCUT2D eigenvalue weighted by Crippen LogP contribution is 2.30. The number of nitrogens with one attached hydrogen (secondary N) is 2. The lowest BCUT2D eigenvalue weighted by Gasteiger charge is -2.27. The molecule has 2 fully saturated rings. The summed E-state index contributed by atoms with van der Waals surface area (Å²) in [5.74, 6) is 2.26. The van der Waals surface area contributed by atoms with Gasteiger partial charge in [0.05, 0.1) is 0 Å². The first kappa shape index (κ1) is 17.8. The average molecular weight is 303 g/mol. The average Bonchev–Trinajstić information content (AvgIpc) is 2.48. The molecule has 1 amide bonds. The summed E-state index contributed by atoms with van der Waals surface area (Å²) in [6, 6.07) is 0. The van der Waals surface area contributed by atoms with E-state index in [-0.39, 0.29) is 12.4 Å². The summed E-state index contributed by atoms with van der Waals surface area (Å²) in [7, 11) is 0. The van der Waals surface area contributed by atoms with E-state index in [4.69, 9.17) is 0 Å². The Bertz CT molecular complexity index is 272. The second kappa shape index (κ2) is 9.62. The molecule has 0 spiro atoms. The number of hydrogen-bond acceptors (Lipinski definition) is 2. The van der Waals surface area contributed by atoms with Gasteiger partial charge in [0, 0.05) is 12.5 Å². The number of rotatable bonds is 5. The molecule has 2 aliphatic rings. The van der Waals surface area contributed by atoms with E-state index >= 15 is 0 Å². The number of piperidine rings is 1. The molecule has 0 aromatic carbocycles. The molecule has 2 rings (SSSR count). The minimum Gasteiger partial charge on any atom is -0.356 e. The molecule has 0 bridgehead atoms. The van der Waals surface area contributed by atoms with Crippen LogP contribution in [-0.4, -0.2) is 25.5 Å². The maximum Gasteiger partial charge on any atom is 0.223 e. The van der Waals surface area contributed by atoms with Crippen molar-refractivity contribution in [3.8, 4) is 0 Å². The summed E-state index contributed by atoms with van der Waals surface area (Å²) in [5.41, 5.74) is 0. The third-order valence-electron chi connectivity index (χ3n) is 5.05. The Labute approximate surface area is 130 Å². The lowest BCUT2D eigenvalue weighted by Crippen LogP contribution is -2.36. The standard InChI is InChI=1S/C16H30N2O.ClH/c1-2-13-5-7-15(8-6-13)16(19)18-11-9-14-4-3-10-17-12-14;/h13-15,17H,2-12H2,1H3,(H,18,19);1H. The van der Waals surface area contributed by atoms with Crippen LogP contribution in [0.5, 0.6) is 0 Å². The van der Waals surface area contributed by atoms with Crippen LogP contribution in [0.4, 0.5) is 0 Å². The molecule has 1 atom stereocenters. The Balaban J connectivity index is 0.00000200. The van der Waals surface area contributed by atoms with Crippen molar-refractivity contribution in [1.29, 1.82) is 0 Å². The van der Waals surface area contributed by atoms with Gasteiger partial charge in [0.15, 0.2) is 0 Å². The lowest BCUT2D eigenvalue weighted by atomic mass is 9.80. The Morgan fingerprint density at radius 2 is 1.90 bits per heavy atom. The molecule has 1 saturated carbocycles. The SMILES string of the molecule is CCC1CCC(C(=O)NCCC2CCCNC2)CC1.Cl. The molecule has 2 N–H and O–H groups in total. The van der Waals surface area contributed by atoms with Crippen molar-refractivity contribution >= 4 is 18.3 Å². The first-order valence-corrected chi connectivity index (χ1v) is 8.28. The van der Waals surface area contributed by atoms with Crippen LogP contribution in [0.3, 0.4) is 0 Å². The van der Waals surface area contributed by atoms with E-state index in [0.717, 1.165) is 44.2 Å². The number of carbonyl (C=O) groups excluding carboxylic acids is 1. The van der Waals surface area contributed by atoms with Crippen LogP contribution in [0.15, 0.2) is 0 Å². The molecule has 20 heavy (non-hydrogen) atoms. The summed E-state index contributed by atoms with van der Waals surface area (Å²) in [4.78, 5) is 12.1. The fourth-order valence-electron chi connectivity index (χ4n) is 3.55. The summed E-state index contributed by atoms with van der Waals surface area (Å²) >= 11 is 0. The van der Waals surface area contributed by atoms with Gasteiger partial charge in [0.25, 0.3) is 0 Å². The second-order valence-electron chi connectivity index (χ2n) is 6.42. The molecule has 118 valence electrons. The molecular weight excluding hydrogens is 272 g/mol. The molecule has 1 aliphatic carbocycles. The number of amides is 1. The van der Waals surface area contributed by atoms with Gasteiger partial charge in [-0.15, -0.1) is 12.4 Å². The van der Waals surface area contributed by atoms with Crippen LogP contribution < -0.4 is 10.6 Å². The van der Waals surface area contributed by atoms with E-state index in [1.165, 1.54) is 38.6 Å². The second-order valence-corrected chi connectivity index (χ2v) is 6.42. The summed E-state index contributed by atoms with van der Waals surface area (Å²) in [5, 5.41) is 6.60. The Morgan fingerprint density at radius 3 is 2.50 bits per heavy atom. The summed E-state index contributed by atoms with van der Waals surface area (Å²) in [6.45, 7) is 5.45. The van der Waals surface area contributed by atoms with E-state index in [0.29, 0.717) is 11.8 Å². The van der Waals surface area contributed by atoms with Crippen LogP contribution in [-0.2, 0) is 4.79 Å². The Kier molecular flexibility index (Phi) is 8.55. The maximum absolute atomic E-state index is 12.1. The van der Waals surface area contributed by atoms with E-state index < -0.39 is 0 Å². The van der Waals surface area contributed by atoms with Gasteiger partial charge >= 0.3 is 0 Å². The lowest BCUT2D eigenvalue weighted by molar-refractivity contribution is -0.126. The molecule has 0 aromatic rings. The molecule has 1 unspecified atom stereocenters. The van der Waals surface area contributed by atoms with E-state index in [1.54, 1.807) is 0 Å². The largest absolute Gasteiger partial charge is 0.356 e. The van der Waals surface area contributed by atoms with E-state index in [1.807, 2.05) is 0 Å². The molecule has 1 aliphatic heterocycles. The van der Waals surface area contributed by atoms with Gasteiger partial charge in [-0.1, -0.05) is 13.3 Å². The van der Waals surface area contributed by atoms with Crippen molar-refractivity contribution in [1.82, 2.24) is 10.6 Å². The van der Waals surface area contributed by atoms with Gasteiger partial charge in [-0.3, -0.25) is 4.79 Å². The topological polar surface area (TPSA) is 41.1 Å². The molecule has 1 heterocycles. The van der Waals surface area contributed by atoms with Gasteiger partial charge in [-0.2, -0.15) is 0 Å². The van der Waals surface area contributed by atoms with Crippen molar-refractivity contribution in [3.63, 3.8) is 0 Å². The quantitative estimate of drug-likeness (QED) is 0.819. The Hall–Kier alpha value is -0.280. The molecule has 0 radical (unpaired) electrons. The minimum absolute atomic E-state index is 0. The molecule has 1 saturated heterocycles. The minimum atomic E-state index is 0. The fraction of sp³-hybridized carbons (Fsp3) is 0.938. The van der Waals surface area contributed by atoms with Crippen molar-refractivity contribution in [2.75, 3.05) is 19.6 Å². The first-order valence-electron chi connectivity index (χ1n) is 8.28. The number of carbonyl (C=O) groups is 1. The smallest absolute Gasteiger partial charge is 0.223 e. The van der Waals surface area contributed by atoms with Crippen LogP contribution in [0.25, 0.3) is 0 Å². The number of hydrogen-bond donors (Lipinski definition) is 2. The van der Waals surface area contributed by atoms with Crippen molar-refractivity contribution in [2.45, 2.75) is 58.3 Å². The number of halogens is 1. The van der Waals surface area contributed by atoms with Gasteiger partial charge < -0.3 is 10.6 Å². The highest BCUT2D eigenvalue weighted by molar-refractivity contribution is 5.85. The van der Waals surface area contributed by atoms with Crippen LogP contribution in [0, 0.1) is 17.8 Å². The van der Waals surface area contributed by atoms with E-state index in [2.05, 4.69) is 17.6 Å². The zero-order valence-corrected chi connectivity index (χ0v) is 13.6. The van der Waals surface area contributed by atoms with Gasteiger partial charge in [0.2, 0.25) is 5.91 Å². The molecule has 3 nitrogen and oxygen atoms in total. The highest BCUT2D eigenvalue weighted by Gasteiger charge is 2.25. The predicted octanol–water partition coefficient (Wildman–Crippen LogP) is 3.13. The maximum atomic E-state index is 12.1. The van der Waals surface area contributed by atoms with Crippen molar-refractivity contribution < 1.29 is 4.79 Å². The van der Waals surface area contributed by atoms with E-state index in [9.17, 15) is 4.79 Å². The van der Waals surface area contributed by atoms with Gasteiger partial charge in [-0.25, -0.2) is 0 Å². The third kappa shape index (κ3) is 5.61. The van der Waals surface area contributed by atoms with Gasteiger partial charge in [0.1, 0.15) is 0 Å². The zero-order valence-electron chi connectivity index (χ0n) is 12.8. The summed E-state index contributed by atoms with van der Waals surface area (Å²) < 4.78 is 0. The third-order valence-corrected chi connectivity index (χ3v) is 5.05. The predicted molar refractivity (Wildman–Crippen MR) is 86.2 cm³/mol. The van der Waals surface area contributed by atoms with Crippen molar-refractivity contribution in [2.24, 2.45) is 17.8 Å². The molecule has 0 aromatic heterocycles. The van der Waals surface area contributed by atoms with Crippen LogP contribution in [0.1, 0.15) is 58.3 Å². The van der Waals surface area contributed by atoms with Crippen LogP contribution in [0.2, 0.25) is 0 Å².